The van der Waals surface area contributed by atoms with Crippen LogP contribution in [0.1, 0.15) is 46.9 Å². The Morgan fingerprint density at radius 1 is 1.21 bits per heavy atom. The van der Waals surface area contributed by atoms with Gasteiger partial charge in [-0.2, -0.15) is 5.10 Å². The molecule has 4 heterocycles. The average molecular weight is 502 g/mol. The zero-order chi connectivity index (χ0) is 22.2. The fourth-order valence-corrected chi connectivity index (χ4v) is 6.76. The number of aryl methyl sites for hydroxylation is 2. The molecule has 0 saturated carbocycles. The lowest BCUT2D eigenvalue weighted by Crippen LogP contribution is -2.30. The predicted octanol–water partition coefficient (Wildman–Crippen LogP) is 5.99. The van der Waals surface area contributed by atoms with E-state index >= 15 is 0 Å². The third kappa shape index (κ3) is 4.57. The van der Waals surface area contributed by atoms with E-state index in [0.717, 1.165) is 65.8 Å². The van der Waals surface area contributed by atoms with Crippen LogP contribution in [0.4, 0.5) is 5.00 Å². The number of rotatable bonds is 6. The van der Waals surface area contributed by atoms with Crippen LogP contribution in [0.25, 0.3) is 20.8 Å². The highest BCUT2D eigenvalue weighted by Gasteiger charge is 2.28. The Bertz CT molecular complexity index is 1260. The van der Waals surface area contributed by atoms with Crippen molar-refractivity contribution in [2.24, 2.45) is 0 Å². The summed E-state index contributed by atoms with van der Waals surface area (Å²) < 4.78 is 3.02. The summed E-state index contributed by atoms with van der Waals surface area (Å²) in [5.41, 5.74) is 4.89. The molecule has 9 heteroatoms. The number of benzene rings is 1. The van der Waals surface area contributed by atoms with E-state index in [1.165, 1.54) is 15.1 Å². The van der Waals surface area contributed by atoms with Gasteiger partial charge in [-0.05, 0) is 57.0 Å². The topological polar surface area (TPSA) is 63.1 Å². The number of hydrogen-bond donors (Lipinski definition) is 1. The molecule has 3 aromatic heterocycles. The Balaban J connectivity index is 0.00000259. The standard InChI is InChI=1S/C24H27N5OS2.ClH/c1-4-11-28-12-10-16-20(14-28)32-24(26-22(30)18-13-15(3)29(5-2)27-18)21(16)23-25-17-8-6-7-9-19(17)31-23;/h6-9,13H,4-5,10-12,14H2,1-3H3,(H,26,30);1H. The number of anilines is 1. The fourth-order valence-electron chi connectivity index (χ4n) is 4.37. The van der Waals surface area contributed by atoms with Crippen LogP contribution in [0.15, 0.2) is 30.3 Å². The lowest BCUT2D eigenvalue weighted by molar-refractivity contribution is 0.102. The van der Waals surface area contributed by atoms with Gasteiger partial charge in [0.15, 0.2) is 5.69 Å². The maximum Gasteiger partial charge on any atom is 0.276 e. The summed E-state index contributed by atoms with van der Waals surface area (Å²) in [6.07, 6.45) is 2.13. The Morgan fingerprint density at radius 3 is 2.76 bits per heavy atom. The normalized spacial score (nSPS) is 13.7. The summed E-state index contributed by atoms with van der Waals surface area (Å²) in [6, 6.07) is 10.1. The number of nitrogens with one attached hydrogen (secondary N) is 1. The number of thiazole rings is 1. The number of hydrogen-bond acceptors (Lipinski definition) is 6. The Kier molecular flexibility index (Phi) is 7.19. The highest BCUT2D eigenvalue weighted by Crippen LogP contribution is 2.45. The van der Waals surface area contributed by atoms with Crippen molar-refractivity contribution in [2.75, 3.05) is 18.4 Å². The highest BCUT2D eigenvalue weighted by molar-refractivity contribution is 7.23. The molecule has 5 rings (SSSR count). The number of amides is 1. The average Bonchev–Trinajstić information content (AvgIpc) is 3.47. The maximum absolute atomic E-state index is 13.1. The first-order chi connectivity index (χ1) is 15.6. The molecule has 0 fully saturated rings. The van der Waals surface area contributed by atoms with Crippen molar-refractivity contribution in [2.45, 2.75) is 46.7 Å². The number of fused-ring (bicyclic) bond motifs is 2. The van der Waals surface area contributed by atoms with Crippen LogP contribution >= 0.6 is 35.1 Å². The van der Waals surface area contributed by atoms with E-state index in [9.17, 15) is 4.79 Å². The molecule has 0 aliphatic carbocycles. The number of aromatic nitrogens is 3. The summed E-state index contributed by atoms with van der Waals surface area (Å²) >= 11 is 3.39. The van der Waals surface area contributed by atoms with Crippen LogP contribution in [0.2, 0.25) is 0 Å². The molecule has 0 spiro atoms. The van der Waals surface area contributed by atoms with Crippen LogP contribution in [0, 0.1) is 6.92 Å². The summed E-state index contributed by atoms with van der Waals surface area (Å²) in [4.78, 5) is 21.9. The van der Waals surface area contributed by atoms with Gasteiger partial charge in [0, 0.05) is 35.8 Å². The smallest absolute Gasteiger partial charge is 0.276 e. The molecular weight excluding hydrogens is 474 g/mol. The summed E-state index contributed by atoms with van der Waals surface area (Å²) in [7, 11) is 0. The molecule has 33 heavy (non-hydrogen) atoms. The fraction of sp³-hybridized carbons (Fsp3) is 0.375. The van der Waals surface area contributed by atoms with Crippen molar-refractivity contribution in [3.8, 4) is 10.6 Å². The van der Waals surface area contributed by atoms with Gasteiger partial charge >= 0.3 is 0 Å². The molecule has 4 aromatic rings. The SMILES string of the molecule is CCCN1CCc2c(sc(NC(=O)c3cc(C)n(CC)n3)c2-c2nc3ccccc3s2)C1.Cl. The van der Waals surface area contributed by atoms with Gasteiger partial charge in [0.2, 0.25) is 0 Å². The lowest BCUT2D eigenvalue weighted by Gasteiger charge is -2.26. The van der Waals surface area contributed by atoms with Gasteiger partial charge in [-0.3, -0.25) is 14.4 Å². The molecule has 1 aliphatic heterocycles. The van der Waals surface area contributed by atoms with Crippen molar-refractivity contribution in [1.29, 1.82) is 0 Å². The van der Waals surface area contributed by atoms with E-state index in [0.29, 0.717) is 5.69 Å². The van der Waals surface area contributed by atoms with Crippen molar-refractivity contribution in [3.05, 3.63) is 52.2 Å². The van der Waals surface area contributed by atoms with E-state index < -0.39 is 0 Å². The van der Waals surface area contributed by atoms with Gasteiger partial charge in [0.05, 0.1) is 10.2 Å². The van der Waals surface area contributed by atoms with E-state index in [-0.39, 0.29) is 18.3 Å². The Hall–Kier alpha value is -2.26. The minimum atomic E-state index is -0.160. The number of para-hydroxylation sites is 1. The third-order valence-corrected chi connectivity index (χ3v) is 8.11. The highest BCUT2D eigenvalue weighted by atomic mass is 35.5. The van der Waals surface area contributed by atoms with Crippen LogP contribution in [-0.4, -0.2) is 38.7 Å². The quantitative estimate of drug-likeness (QED) is 0.352. The van der Waals surface area contributed by atoms with Crippen molar-refractivity contribution in [3.63, 3.8) is 0 Å². The molecule has 0 unspecified atom stereocenters. The molecule has 1 amide bonds. The molecule has 0 radical (unpaired) electrons. The monoisotopic (exact) mass is 501 g/mol. The van der Waals surface area contributed by atoms with Crippen molar-refractivity contribution in [1.82, 2.24) is 19.7 Å². The van der Waals surface area contributed by atoms with Gasteiger partial charge in [-0.1, -0.05) is 19.1 Å². The van der Waals surface area contributed by atoms with Crippen LogP contribution in [-0.2, 0) is 19.5 Å². The first-order valence-corrected chi connectivity index (χ1v) is 12.8. The van der Waals surface area contributed by atoms with E-state index in [1.54, 1.807) is 22.7 Å². The largest absolute Gasteiger partial charge is 0.312 e. The zero-order valence-corrected chi connectivity index (χ0v) is 21.5. The van der Waals surface area contributed by atoms with Crippen LogP contribution < -0.4 is 5.32 Å². The lowest BCUT2D eigenvalue weighted by atomic mass is 10.0. The van der Waals surface area contributed by atoms with Crippen LogP contribution in [0.5, 0.6) is 0 Å². The number of nitrogens with zero attached hydrogens (tertiary/aromatic N) is 4. The molecule has 0 atom stereocenters. The maximum atomic E-state index is 13.1. The second-order valence-electron chi connectivity index (χ2n) is 8.16. The number of halogens is 1. The second-order valence-corrected chi connectivity index (χ2v) is 10.3. The molecule has 0 saturated heterocycles. The van der Waals surface area contributed by atoms with Crippen molar-refractivity contribution >= 4 is 56.2 Å². The number of carbonyl (C=O) groups excluding carboxylic acids is 1. The molecule has 1 aliphatic rings. The Labute approximate surface area is 208 Å². The number of thiophene rings is 1. The van der Waals surface area contributed by atoms with Gasteiger partial charge < -0.3 is 5.32 Å². The van der Waals surface area contributed by atoms with Gasteiger partial charge in [-0.15, -0.1) is 35.1 Å². The first-order valence-electron chi connectivity index (χ1n) is 11.2. The third-order valence-electron chi connectivity index (χ3n) is 5.92. The van der Waals surface area contributed by atoms with Gasteiger partial charge in [0.1, 0.15) is 10.0 Å². The molecule has 1 N–H and O–H groups in total. The second kappa shape index (κ2) is 9.93. The van der Waals surface area contributed by atoms with E-state index in [2.05, 4.69) is 34.4 Å². The molecular formula is C24H28ClN5OS2. The predicted molar refractivity (Wildman–Crippen MR) is 140 cm³/mol. The summed E-state index contributed by atoms with van der Waals surface area (Å²) in [6.45, 7) is 10.1. The minimum Gasteiger partial charge on any atom is -0.312 e. The minimum absolute atomic E-state index is 0. The summed E-state index contributed by atoms with van der Waals surface area (Å²) in [5, 5.41) is 9.53. The van der Waals surface area contributed by atoms with Crippen LogP contribution in [0.3, 0.4) is 0 Å². The Morgan fingerprint density at radius 2 is 2.03 bits per heavy atom. The molecule has 6 nitrogen and oxygen atoms in total. The van der Waals surface area contributed by atoms with E-state index in [4.69, 9.17) is 4.98 Å². The zero-order valence-electron chi connectivity index (χ0n) is 19.1. The van der Waals surface area contributed by atoms with Gasteiger partial charge in [-0.25, -0.2) is 4.98 Å². The molecule has 1 aromatic carbocycles. The molecule has 174 valence electrons. The van der Waals surface area contributed by atoms with E-state index in [1.807, 2.05) is 36.7 Å². The summed E-state index contributed by atoms with van der Waals surface area (Å²) in [5.74, 6) is -0.160. The number of carbonyl (C=O) groups is 1. The molecule has 0 bridgehead atoms. The van der Waals surface area contributed by atoms with Crippen molar-refractivity contribution < 1.29 is 4.79 Å². The first kappa shape index (κ1) is 23.9. The van der Waals surface area contributed by atoms with Gasteiger partial charge in [0.25, 0.3) is 5.91 Å².